The zero-order valence-electron chi connectivity index (χ0n) is 11.2. The molecule has 1 aromatic carbocycles. The lowest BCUT2D eigenvalue weighted by molar-refractivity contribution is 0.0600. The summed E-state index contributed by atoms with van der Waals surface area (Å²) in [6.07, 6.45) is 0. The minimum atomic E-state index is -0.295. The van der Waals surface area contributed by atoms with Gasteiger partial charge in [-0.25, -0.2) is 4.79 Å². The van der Waals surface area contributed by atoms with Gasteiger partial charge in [-0.2, -0.15) is 0 Å². The molecule has 0 spiro atoms. The van der Waals surface area contributed by atoms with Crippen LogP contribution < -0.4 is 5.32 Å². The number of esters is 1. The van der Waals surface area contributed by atoms with Gasteiger partial charge in [-0.3, -0.25) is 0 Å². The zero-order chi connectivity index (χ0) is 13.0. The number of ether oxygens (including phenoxy) is 1. The maximum absolute atomic E-state index is 11.4. The Labute approximate surface area is 103 Å². The van der Waals surface area contributed by atoms with Crippen molar-refractivity contribution in [2.75, 3.05) is 12.4 Å². The molecule has 0 amide bonds. The average molecular weight is 235 g/mol. The van der Waals surface area contributed by atoms with E-state index < -0.39 is 0 Å². The van der Waals surface area contributed by atoms with Crippen LogP contribution in [0.3, 0.4) is 0 Å². The topological polar surface area (TPSA) is 38.3 Å². The van der Waals surface area contributed by atoms with Gasteiger partial charge in [0.25, 0.3) is 0 Å². The molecular formula is C14H21NO2. The molecule has 0 aliphatic heterocycles. The molecule has 3 heteroatoms. The summed E-state index contributed by atoms with van der Waals surface area (Å²) in [5, 5.41) is 3.44. The van der Waals surface area contributed by atoms with E-state index in [1.807, 2.05) is 19.1 Å². The molecule has 0 aliphatic rings. The molecule has 17 heavy (non-hydrogen) atoms. The largest absolute Gasteiger partial charge is 0.465 e. The van der Waals surface area contributed by atoms with Crippen LogP contribution in [0, 0.1) is 12.8 Å². The van der Waals surface area contributed by atoms with Crippen LogP contribution >= 0.6 is 0 Å². The fourth-order valence-corrected chi connectivity index (χ4v) is 1.48. The number of carbonyl (C=O) groups excluding carboxylic acids is 1. The van der Waals surface area contributed by atoms with Crippen molar-refractivity contribution in [2.24, 2.45) is 5.92 Å². The lowest BCUT2D eigenvalue weighted by Crippen LogP contribution is -2.22. The number of aryl methyl sites for hydroxylation is 1. The predicted molar refractivity (Wildman–Crippen MR) is 70.4 cm³/mol. The normalized spacial score (nSPS) is 12.4. The Morgan fingerprint density at radius 1 is 1.29 bits per heavy atom. The van der Waals surface area contributed by atoms with E-state index in [2.05, 4.69) is 26.1 Å². The molecule has 1 unspecified atom stereocenters. The summed E-state index contributed by atoms with van der Waals surface area (Å²) in [5.41, 5.74) is 2.71. The smallest absolute Gasteiger partial charge is 0.337 e. The fourth-order valence-electron chi connectivity index (χ4n) is 1.48. The molecule has 0 aromatic heterocycles. The number of methoxy groups -OCH3 is 1. The van der Waals surface area contributed by atoms with Crippen molar-refractivity contribution in [1.82, 2.24) is 0 Å². The van der Waals surface area contributed by atoms with Crippen LogP contribution in [0.15, 0.2) is 18.2 Å². The van der Waals surface area contributed by atoms with Gasteiger partial charge in [0.15, 0.2) is 0 Å². The number of rotatable bonds is 4. The van der Waals surface area contributed by atoms with Gasteiger partial charge in [0.2, 0.25) is 0 Å². The molecule has 1 rings (SSSR count). The van der Waals surface area contributed by atoms with Crippen LogP contribution in [-0.4, -0.2) is 19.1 Å². The summed E-state index contributed by atoms with van der Waals surface area (Å²) in [4.78, 5) is 11.4. The quantitative estimate of drug-likeness (QED) is 0.814. The van der Waals surface area contributed by atoms with Gasteiger partial charge in [-0.15, -0.1) is 0 Å². The second-order valence-corrected chi connectivity index (χ2v) is 4.70. The van der Waals surface area contributed by atoms with Crippen LogP contribution in [-0.2, 0) is 4.74 Å². The van der Waals surface area contributed by atoms with Gasteiger partial charge >= 0.3 is 5.97 Å². The molecule has 1 aromatic rings. The molecule has 1 N–H and O–H groups in total. The Kier molecular flexibility index (Phi) is 4.55. The van der Waals surface area contributed by atoms with Crippen molar-refractivity contribution >= 4 is 11.7 Å². The third-order valence-electron chi connectivity index (χ3n) is 3.03. The first-order valence-corrected chi connectivity index (χ1v) is 5.91. The molecule has 0 saturated heterocycles. The van der Waals surface area contributed by atoms with Crippen molar-refractivity contribution in [3.05, 3.63) is 29.3 Å². The van der Waals surface area contributed by atoms with Crippen molar-refractivity contribution < 1.29 is 9.53 Å². The highest BCUT2D eigenvalue weighted by Crippen LogP contribution is 2.19. The summed E-state index contributed by atoms with van der Waals surface area (Å²) in [6.45, 7) is 8.49. The number of hydrogen-bond donors (Lipinski definition) is 1. The highest BCUT2D eigenvalue weighted by molar-refractivity contribution is 5.90. The molecule has 3 nitrogen and oxygen atoms in total. The summed E-state index contributed by atoms with van der Waals surface area (Å²) >= 11 is 0. The summed E-state index contributed by atoms with van der Waals surface area (Å²) in [7, 11) is 1.39. The van der Waals surface area contributed by atoms with Crippen LogP contribution in [0.5, 0.6) is 0 Å². The lowest BCUT2D eigenvalue weighted by Gasteiger charge is -2.20. The van der Waals surface area contributed by atoms with Gasteiger partial charge in [0.1, 0.15) is 0 Å². The van der Waals surface area contributed by atoms with Crippen LogP contribution in [0.1, 0.15) is 36.7 Å². The van der Waals surface area contributed by atoms with Crippen LogP contribution in [0.4, 0.5) is 5.69 Å². The maximum atomic E-state index is 11.4. The highest BCUT2D eigenvalue weighted by Gasteiger charge is 2.10. The number of hydrogen-bond acceptors (Lipinski definition) is 3. The number of benzene rings is 1. The van der Waals surface area contributed by atoms with E-state index in [-0.39, 0.29) is 5.97 Å². The first-order chi connectivity index (χ1) is 7.95. The first-order valence-electron chi connectivity index (χ1n) is 5.91. The van der Waals surface area contributed by atoms with E-state index in [0.717, 1.165) is 11.3 Å². The summed E-state index contributed by atoms with van der Waals surface area (Å²) in [6, 6.07) is 5.97. The van der Waals surface area contributed by atoms with Crippen molar-refractivity contribution in [1.29, 1.82) is 0 Å². The molecule has 94 valence electrons. The van der Waals surface area contributed by atoms with E-state index in [0.29, 0.717) is 17.5 Å². The number of anilines is 1. The maximum Gasteiger partial charge on any atom is 0.337 e. The third-order valence-corrected chi connectivity index (χ3v) is 3.03. The van der Waals surface area contributed by atoms with E-state index in [1.165, 1.54) is 7.11 Å². The summed E-state index contributed by atoms with van der Waals surface area (Å²) < 4.78 is 4.69. The Hall–Kier alpha value is -1.51. The van der Waals surface area contributed by atoms with Crippen LogP contribution in [0.2, 0.25) is 0 Å². The highest BCUT2D eigenvalue weighted by atomic mass is 16.5. The Bertz CT molecular complexity index is 399. The third kappa shape index (κ3) is 3.48. The van der Waals surface area contributed by atoms with Crippen molar-refractivity contribution in [3.8, 4) is 0 Å². The van der Waals surface area contributed by atoms with Gasteiger partial charge in [0, 0.05) is 11.7 Å². The van der Waals surface area contributed by atoms with E-state index in [1.54, 1.807) is 6.07 Å². The molecular weight excluding hydrogens is 214 g/mol. The predicted octanol–water partition coefficient (Wildman–Crippen LogP) is 3.24. The first kappa shape index (κ1) is 13.6. The SMILES string of the molecule is COC(=O)c1ccc(NC(C)C(C)C)c(C)c1. The molecule has 0 bridgehead atoms. The van der Waals surface area contributed by atoms with Gasteiger partial charge in [-0.05, 0) is 43.5 Å². The van der Waals surface area contributed by atoms with Gasteiger partial charge < -0.3 is 10.1 Å². The zero-order valence-corrected chi connectivity index (χ0v) is 11.2. The molecule has 0 heterocycles. The van der Waals surface area contributed by atoms with Crippen LogP contribution in [0.25, 0.3) is 0 Å². The average Bonchev–Trinajstić information content (AvgIpc) is 2.30. The summed E-state index contributed by atoms with van der Waals surface area (Å²) in [5.74, 6) is 0.270. The Morgan fingerprint density at radius 3 is 2.41 bits per heavy atom. The number of nitrogens with one attached hydrogen (secondary N) is 1. The van der Waals surface area contributed by atoms with Gasteiger partial charge in [-0.1, -0.05) is 13.8 Å². The minimum Gasteiger partial charge on any atom is -0.465 e. The van der Waals surface area contributed by atoms with Crippen molar-refractivity contribution in [2.45, 2.75) is 33.7 Å². The van der Waals surface area contributed by atoms with Gasteiger partial charge in [0.05, 0.1) is 12.7 Å². The lowest BCUT2D eigenvalue weighted by atomic mass is 10.0. The van der Waals surface area contributed by atoms with Crippen molar-refractivity contribution in [3.63, 3.8) is 0 Å². The molecule has 0 radical (unpaired) electrons. The Balaban J connectivity index is 2.87. The standard InChI is InChI=1S/C14H21NO2/c1-9(2)11(4)15-13-7-6-12(8-10(13)3)14(16)17-5/h6-9,11,15H,1-5H3. The Morgan fingerprint density at radius 2 is 1.94 bits per heavy atom. The molecule has 0 fully saturated rings. The van der Waals surface area contributed by atoms with E-state index in [9.17, 15) is 4.79 Å². The number of carbonyl (C=O) groups is 1. The van der Waals surface area contributed by atoms with E-state index >= 15 is 0 Å². The van der Waals surface area contributed by atoms with E-state index in [4.69, 9.17) is 4.74 Å². The molecule has 0 aliphatic carbocycles. The molecule has 1 atom stereocenters. The minimum absolute atomic E-state index is 0.295. The fraction of sp³-hybridized carbons (Fsp3) is 0.500. The molecule has 0 saturated carbocycles. The monoisotopic (exact) mass is 235 g/mol. The second kappa shape index (κ2) is 5.71. The second-order valence-electron chi connectivity index (χ2n) is 4.70.